The number of unbranched alkanes of at least 4 members (excludes halogenated alkanes) is 37. The van der Waals surface area contributed by atoms with Crippen LogP contribution in [0.4, 0.5) is 0 Å². The summed E-state index contributed by atoms with van der Waals surface area (Å²) < 4.78 is 68.5. The third-order valence-electron chi connectivity index (χ3n) is 17.7. The summed E-state index contributed by atoms with van der Waals surface area (Å²) in [5.74, 6) is 0.924. The zero-order valence-corrected chi connectivity index (χ0v) is 63.4. The lowest BCUT2D eigenvalue weighted by atomic mass is 9.99. The van der Waals surface area contributed by atoms with E-state index in [1.807, 2.05) is 0 Å². The molecule has 0 amide bonds. The summed E-state index contributed by atoms with van der Waals surface area (Å²) in [6.07, 6.45) is 48.6. The first kappa shape index (κ1) is 92.1. The molecule has 19 heteroatoms. The van der Waals surface area contributed by atoms with Gasteiger partial charge in [-0.1, -0.05) is 325 Å². The molecule has 0 rings (SSSR count). The van der Waals surface area contributed by atoms with E-state index >= 15 is 0 Å². The van der Waals surface area contributed by atoms with E-state index in [2.05, 4.69) is 55.4 Å². The molecular formula is C75H146O17P2. The van der Waals surface area contributed by atoms with Crippen LogP contribution in [0.1, 0.15) is 376 Å². The Balaban J connectivity index is 5.22. The van der Waals surface area contributed by atoms with E-state index in [1.54, 1.807) is 0 Å². The topological polar surface area (TPSA) is 237 Å². The van der Waals surface area contributed by atoms with Gasteiger partial charge in [0.25, 0.3) is 0 Å². The van der Waals surface area contributed by atoms with Gasteiger partial charge in [0.2, 0.25) is 0 Å². The second kappa shape index (κ2) is 64.4. The van der Waals surface area contributed by atoms with E-state index in [0.717, 1.165) is 114 Å². The minimum Gasteiger partial charge on any atom is -0.462 e. The van der Waals surface area contributed by atoms with Crippen LogP contribution in [0.3, 0.4) is 0 Å². The van der Waals surface area contributed by atoms with Crippen LogP contribution in [0.25, 0.3) is 0 Å². The number of aliphatic hydroxyl groups is 1. The van der Waals surface area contributed by atoms with Crippen molar-refractivity contribution in [3.05, 3.63) is 0 Å². The Labute approximate surface area is 575 Å². The molecule has 0 saturated carbocycles. The van der Waals surface area contributed by atoms with Crippen LogP contribution in [0.15, 0.2) is 0 Å². The molecule has 0 aromatic rings. The molecule has 0 aromatic carbocycles. The van der Waals surface area contributed by atoms with Crippen molar-refractivity contribution in [1.82, 2.24) is 0 Å². The number of carbonyl (C=O) groups is 4. The summed E-state index contributed by atoms with van der Waals surface area (Å²) in [6.45, 7) is 14.2. The molecule has 0 spiro atoms. The van der Waals surface area contributed by atoms with Crippen molar-refractivity contribution >= 4 is 39.5 Å². The molecule has 0 bridgehead atoms. The number of ether oxygens (including phenoxy) is 4. The largest absolute Gasteiger partial charge is 0.472 e. The lowest BCUT2D eigenvalue weighted by molar-refractivity contribution is -0.161. The Hall–Kier alpha value is -1.94. The van der Waals surface area contributed by atoms with E-state index in [4.69, 9.17) is 37.0 Å². The van der Waals surface area contributed by atoms with Crippen molar-refractivity contribution in [2.45, 2.75) is 395 Å². The predicted molar refractivity (Wildman–Crippen MR) is 381 cm³/mol. The standard InChI is InChI=1S/C75H146O17P2/c1-9-68(8)54-46-38-29-23-16-12-10-11-13-17-25-31-41-49-57-74(79)92-71(62-86-73(78)56-48-40-34-33-37-45-53-67(6)7)64-90-94(83,84)88-60-69(76)59-87-93(81,82)89-63-70(91-75(80)58-50-42-32-26-20-19-22-28-36-44-52-66(4)5)61-85-72(77)55-47-39-30-24-18-14-15-21-27-35-43-51-65(2)3/h65-71,76H,9-64H2,1-8H3,(H,81,82)(H,83,84)/t68?,69-,70-,71-/m1/s1. The predicted octanol–water partition coefficient (Wildman–Crippen LogP) is 21.7. The summed E-state index contributed by atoms with van der Waals surface area (Å²) in [5, 5.41) is 10.6. The SMILES string of the molecule is CCC(C)CCCCCCCCCCCCCCCCC(=O)O[C@H](COC(=O)CCCCCCCCC(C)C)COP(=O)(O)OC[C@H](O)COP(=O)(O)OC[C@@H](COC(=O)CCCCCCCCCCCCCC(C)C)OC(=O)CCCCCCCCCCCCC(C)C. The number of hydrogen-bond acceptors (Lipinski definition) is 15. The van der Waals surface area contributed by atoms with Crippen molar-refractivity contribution in [2.24, 2.45) is 23.7 Å². The smallest absolute Gasteiger partial charge is 0.462 e. The van der Waals surface area contributed by atoms with Crippen molar-refractivity contribution in [3.63, 3.8) is 0 Å². The van der Waals surface area contributed by atoms with Gasteiger partial charge in [-0.3, -0.25) is 37.3 Å². The summed E-state index contributed by atoms with van der Waals surface area (Å²) in [7, 11) is -9.91. The van der Waals surface area contributed by atoms with Gasteiger partial charge in [-0.25, -0.2) is 9.13 Å². The van der Waals surface area contributed by atoms with Gasteiger partial charge in [0, 0.05) is 25.7 Å². The van der Waals surface area contributed by atoms with Gasteiger partial charge in [-0.05, 0) is 49.4 Å². The minimum atomic E-state index is -4.96. The van der Waals surface area contributed by atoms with Crippen LogP contribution in [-0.4, -0.2) is 96.7 Å². The molecule has 0 aliphatic heterocycles. The summed E-state index contributed by atoms with van der Waals surface area (Å²) in [4.78, 5) is 72.7. The lowest BCUT2D eigenvalue weighted by Crippen LogP contribution is -2.30. The molecule has 0 saturated heterocycles. The Kier molecular flexibility index (Phi) is 63.1. The third-order valence-corrected chi connectivity index (χ3v) is 19.6. The van der Waals surface area contributed by atoms with E-state index in [0.29, 0.717) is 31.6 Å². The highest BCUT2D eigenvalue weighted by atomic mass is 31.2. The van der Waals surface area contributed by atoms with Gasteiger partial charge in [0.05, 0.1) is 26.4 Å². The molecule has 0 heterocycles. The molecule has 0 aromatic heterocycles. The maximum atomic E-state index is 13.1. The molecule has 558 valence electrons. The molecule has 0 aliphatic carbocycles. The van der Waals surface area contributed by atoms with Crippen molar-refractivity contribution in [2.75, 3.05) is 39.6 Å². The van der Waals surface area contributed by atoms with Crippen LogP contribution >= 0.6 is 15.6 Å². The average molecular weight is 1380 g/mol. The first-order valence-corrected chi connectivity index (χ1v) is 41.7. The van der Waals surface area contributed by atoms with Gasteiger partial charge in [0.1, 0.15) is 19.3 Å². The lowest BCUT2D eigenvalue weighted by Gasteiger charge is -2.21. The van der Waals surface area contributed by atoms with Crippen molar-refractivity contribution < 1.29 is 80.2 Å². The normalized spacial score (nSPS) is 14.4. The van der Waals surface area contributed by atoms with E-state index in [1.165, 1.54) is 173 Å². The summed E-state index contributed by atoms with van der Waals surface area (Å²) in [5.41, 5.74) is 0. The molecule has 0 aliphatic rings. The van der Waals surface area contributed by atoms with E-state index < -0.39 is 97.5 Å². The molecule has 94 heavy (non-hydrogen) atoms. The van der Waals surface area contributed by atoms with E-state index in [-0.39, 0.29) is 25.7 Å². The van der Waals surface area contributed by atoms with Gasteiger partial charge in [-0.15, -0.1) is 0 Å². The zero-order valence-electron chi connectivity index (χ0n) is 61.6. The minimum absolute atomic E-state index is 0.105. The quantitative estimate of drug-likeness (QED) is 0.0222. The zero-order chi connectivity index (χ0) is 69.6. The number of rotatable bonds is 72. The fraction of sp³-hybridized carbons (Fsp3) is 0.947. The van der Waals surface area contributed by atoms with Crippen LogP contribution in [0, 0.1) is 23.7 Å². The Morgan fingerprint density at radius 1 is 0.298 bits per heavy atom. The van der Waals surface area contributed by atoms with Crippen LogP contribution < -0.4 is 0 Å². The number of carbonyl (C=O) groups excluding carboxylic acids is 4. The highest BCUT2D eigenvalue weighted by Gasteiger charge is 2.30. The molecule has 6 atom stereocenters. The van der Waals surface area contributed by atoms with Crippen LogP contribution in [-0.2, 0) is 65.4 Å². The highest BCUT2D eigenvalue weighted by Crippen LogP contribution is 2.45. The maximum Gasteiger partial charge on any atom is 0.472 e. The third kappa shape index (κ3) is 67.3. The molecular weight excluding hydrogens is 1230 g/mol. The van der Waals surface area contributed by atoms with Crippen LogP contribution in [0.2, 0.25) is 0 Å². The number of phosphoric ester groups is 2. The fourth-order valence-corrected chi connectivity index (χ4v) is 12.9. The second-order valence-electron chi connectivity index (χ2n) is 28.7. The molecule has 0 radical (unpaired) electrons. The van der Waals surface area contributed by atoms with Crippen LogP contribution in [0.5, 0.6) is 0 Å². The molecule has 3 unspecified atom stereocenters. The first-order chi connectivity index (χ1) is 45.1. The van der Waals surface area contributed by atoms with Gasteiger partial charge < -0.3 is 33.8 Å². The number of hydrogen-bond donors (Lipinski definition) is 3. The van der Waals surface area contributed by atoms with E-state index in [9.17, 15) is 43.2 Å². The Bertz CT molecular complexity index is 1850. The van der Waals surface area contributed by atoms with Gasteiger partial charge in [-0.2, -0.15) is 0 Å². The number of aliphatic hydroxyl groups excluding tert-OH is 1. The summed E-state index contributed by atoms with van der Waals surface area (Å²) in [6, 6.07) is 0. The molecule has 17 nitrogen and oxygen atoms in total. The molecule has 3 N–H and O–H groups in total. The van der Waals surface area contributed by atoms with Crippen molar-refractivity contribution in [1.29, 1.82) is 0 Å². The van der Waals surface area contributed by atoms with Crippen molar-refractivity contribution in [3.8, 4) is 0 Å². The average Bonchev–Trinajstić information content (AvgIpc) is 3.73. The number of phosphoric acid groups is 2. The fourth-order valence-electron chi connectivity index (χ4n) is 11.3. The maximum absolute atomic E-state index is 13.1. The Morgan fingerprint density at radius 3 is 0.755 bits per heavy atom. The second-order valence-corrected chi connectivity index (χ2v) is 31.6. The monoisotopic (exact) mass is 1380 g/mol. The summed E-state index contributed by atoms with van der Waals surface area (Å²) >= 11 is 0. The molecule has 0 fully saturated rings. The number of esters is 4. The highest BCUT2D eigenvalue weighted by molar-refractivity contribution is 7.47. The first-order valence-electron chi connectivity index (χ1n) is 38.7. The Morgan fingerprint density at radius 2 is 0.511 bits per heavy atom. The van der Waals surface area contributed by atoms with Gasteiger partial charge >= 0.3 is 39.5 Å². The van der Waals surface area contributed by atoms with Gasteiger partial charge in [0.15, 0.2) is 12.2 Å².